The molecule has 1 aromatic carbocycles. The second-order valence-corrected chi connectivity index (χ2v) is 4.63. The van der Waals surface area contributed by atoms with E-state index in [-0.39, 0.29) is 0 Å². The third kappa shape index (κ3) is 3.35. The molecule has 88 valence electrons. The SMILES string of the molecule is Cc1cnc(Cl)c(NCc2cccc(Cl)c2)c1. The van der Waals surface area contributed by atoms with Gasteiger partial charge in [0.15, 0.2) is 5.15 Å². The van der Waals surface area contributed by atoms with Crippen molar-refractivity contribution in [3.63, 3.8) is 0 Å². The number of anilines is 1. The van der Waals surface area contributed by atoms with E-state index in [4.69, 9.17) is 23.2 Å². The highest BCUT2D eigenvalue weighted by Crippen LogP contribution is 2.21. The lowest BCUT2D eigenvalue weighted by Gasteiger charge is -2.08. The van der Waals surface area contributed by atoms with E-state index in [9.17, 15) is 0 Å². The van der Waals surface area contributed by atoms with E-state index in [2.05, 4.69) is 10.3 Å². The summed E-state index contributed by atoms with van der Waals surface area (Å²) < 4.78 is 0. The normalized spacial score (nSPS) is 10.3. The van der Waals surface area contributed by atoms with Crippen LogP contribution in [-0.4, -0.2) is 4.98 Å². The van der Waals surface area contributed by atoms with E-state index in [1.165, 1.54) is 0 Å². The third-order valence-electron chi connectivity index (χ3n) is 2.35. The Morgan fingerprint density at radius 3 is 2.82 bits per heavy atom. The number of nitrogens with one attached hydrogen (secondary N) is 1. The van der Waals surface area contributed by atoms with Crippen LogP contribution in [0.5, 0.6) is 0 Å². The Morgan fingerprint density at radius 2 is 2.06 bits per heavy atom. The molecule has 17 heavy (non-hydrogen) atoms. The maximum Gasteiger partial charge on any atom is 0.152 e. The number of benzene rings is 1. The first-order valence-corrected chi connectivity index (χ1v) is 6.01. The average Bonchev–Trinajstić information content (AvgIpc) is 2.30. The molecule has 0 amide bonds. The van der Waals surface area contributed by atoms with Gasteiger partial charge in [0.2, 0.25) is 0 Å². The molecule has 0 unspecified atom stereocenters. The molecule has 0 aliphatic heterocycles. The number of aryl methyl sites for hydroxylation is 1. The second kappa shape index (κ2) is 5.39. The minimum Gasteiger partial charge on any atom is -0.378 e. The first kappa shape index (κ1) is 12.2. The van der Waals surface area contributed by atoms with Gasteiger partial charge < -0.3 is 5.32 Å². The summed E-state index contributed by atoms with van der Waals surface area (Å²) in [6.07, 6.45) is 1.74. The van der Waals surface area contributed by atoms with Crippen molar-refractivity contribution in [1.29, 1.82) is 0 Å². The maximum absolute atomic E-state index is 5.99. The van der Waals surface area contributed by atoms with Crippen LogP contribution in [0, 0.1) is 6.92 Å². The standard InChI is InChI=1S/C13H12Cl2N2/c1-9-5-12(13(15)17-7-9)16-8-10-3-2-4-11(14)6-10/h2-7,16H,8H2,1H3. The predicted molar refractivity (Wildman–Crippen MR) is 72.8 cm³/mol. The van der Waals surface area contributed by atoms with Crippen molar-refractivity contribution in [2.75, 3.05) is 5.32 Å². The molecule has 0 bridgehead atoms. The summed E-state index contributed by atoms with van der Waals surface area (Å²) in [7, 11) is 0. The zero-order chi connectivity index (χ0) is 12.3. The summed E-state index contributed by atoms with van der Waals surface area (Å²) in [6, 6.07) is 9.68. The van der Waals surface area contributed by atoms with Gasteiger partial charge in [-0.1, -0.05) is 35.3 Å². The highest BCUT2D eigenvalue weighted by atomic mass is 35.5. The van der Waals surface area contributed by atoms with E-state index in [1.54, 1.807) is 6.20 Å². The van der Waals surface area contributed by atoms with Crippen LogP contribution in [0.1, 0.15) is 11.1 Å². The van der Waals surface area contributed by atoms with Gasteiger partial charge in [-0.25, -0.2) is 4.98 Å². The fraction of sp³-hybridized carbons (Fsp3) is 0.154. The van der Waals surface area contributed by atoms with Crippen LogP contribution >= 0.6 is 23.2 Å². The summed E-state index contributed by atoms with van der Waals surface area (Å²) in [4.78, 5) is 4.09. The fourth-order valence-electron chi connectivity index (χ4n) is 1.52. The Bertz CT molecular complexity index is 527. The van der Waals surface area contributed by atoms with Gasteiger partial charge in [-0.05, 0) is 36.2 Å². The van der Waals surface area contributed by atoms with Crippen LogP contribution in [0.4, 0.5) is 5.69 Å². The Morgan fingerprint density at radius 1 is 1.24 bits per heavy atom. The molecule has 0 spiro atoms. The van der Waals surface area contributed by atoms with Gasteiger partial charge in [0.05, 0.1) is 5.69 Å². The number of halogens is 2. The van der Waals surface area contributed by atoms with Crippen LogP contribution in [0.2, 0.25) is 10.2 Å². The average molecular weight is 267 g/mol. The molecule has 1 heterocycles. The zero-order valence-corrected chi connectivity index (χ0v) is 10.9. The van der Waals surface area contributed by atoms with Gasteiger partial charge in [0, 0.05) is 17.8 Å². The second-order valence-electron chi connectivity index (χ2n) is 3.83. The summed E-state index contributed by atoms with van der Waals surface area (Å²) >= 11 is 11.9. The predicted octanol–water partition coefficient (Wildman–Crippen LogP) is 4.31. The minimum atomic E-state index is 0.484. The Kier molecular flexibility index (Phi) is 3.87. The molecule has 4 heteroatoms. The summed E-state index contributed by atoms with van der Waals surface area (Å²) in [5.74, 6) is 0. The minimum absolute atomic E-state index is 0.484. The van der Waals surface area contributed by atoms with Crippen molar-refractivity contribution in [2.24, 2.45) is 0 Å². The first-order chi connectivity index (χ1) is 8.15. The smallest absolute Gasteiger partial charge is 0.152 e. The van der Waals surface area contributed by atoms with Crippen molar-refractivity contribution in [2.45, 2.75) is 13.5 Å². The summed E-state index contributed by atoms with van der Waals surface area (Å²) in [5, 5.41) is 4.46. The molecule has 0 saturated heterocycles. The summed E-state index contributed by atoms with van der Waals surface area (Å²) in [6.45, 7) is 2.65. The highest BCUT2D eigenvalue weighted by Gasteiger charge is 2.01. The van der Waals surface area contributed by atoms with Gasteiger partial charge in [0.25, 0.3) is 0 Å². The van der Waals surface area contributed by atoms with E-state index < -0.39 is 0 Å². The van der Waals surface area contributed by atoms with Crippen molar-refractivity contribution < 1.29 is 0 Å². The van der Waals surface area contributed by atoms with Crippen LogP contribution in [0.15, 0.2) is 36.5 Å². The molecule has 0 fully saturated rings. The van der Waals surface area contributed by atoms with Gasteiger partial charge in [-0.3, -0.25) is 0 Å². The molecule has 0 atom stereocenters. The number of pyridine rings is 1. The summed E-state index contributed by atoms with van der Waals surface area (Å²) in [5.41, 5.74) is 3.02. The van der Waals surface area contributed by atoms with E-state index >= 15 is 0 Å². The molecular formula is C13H12Cl2N2. The highest BCUT2D eigenvalue weighted by molar-refractivity contribution is 6.32. The molecule has 1 N–H and O–H groups in total. The lowest BCUT2D eigenvalue weighted by Crippen LogP contribution is -2.01. The molecule has 2 rings (SSSR count). The molecule has 2 aromatic rings. The third-order valence-corrected chi connectivity index (χ3v) is 2.88. The quantitative estimate of drug-likeness (QED) is 0.838. The zero-order valence-electron chi connectivity index (χ0n) is 9.37. The Hall–Kier alpha value is -1.25. The van der Waals surface area contributed by atoms with Gasteiger partial charge >= 0.3 is 0 Å². The lowest BCUT2D eigenvalue weighted by molar-refractivity contribution is 1.13. The largest absolute Gasteiger partial charge is 0.378 e. The Labute approximate surface area is 111 Å². The van der Waals surface area contributed by atoms with Crippen LogP contribution in [-0.2, 0) is 6.54 Å². The number of hydrogen-bond donors (Lipinski definition) is 1. The maximum atomic E-state index is 5.99. The lowest BCUT2D eigenvalue weighted by atomic mass is 10.2. The number of aromatic nitrogens is 1. The van der Waals surface area contributed by atoms with Crippen molar-refractivity contribution in [1.82, 2.24) is 4.98 Å². The molecule has 0 radical (unpaired) electrons. The monoisotopic (exact) mass is 266 g/mol. The van der Waals surface area contributed by atoms with Gasteiger partial charge in [-0.15, -0.1) is 0 Å². The fourth-order valence-corrected chi connectivity index (χ4v) is 1.90. The molecular weight excluding hydrogens is 255 g/mol. The number of hydrogen-bond acceptors (Lipinski definition) is 2. The van der Waals surface area contributed by atoms with Crippen LogP contribution in [0.25, 0.3) is 0 Å². The molecule has 2 nitrogen and oxygen atoms in total. The van der Waals surface area contributed by atoms with Crippen LogP contribution < -0.4 is 5.32 Å². The van der Waals surface area contributed by atoms with E-state index in [1.807, 2.05) is 37.3 Å². The molecule has 0 saturated carbocycles. The topological polar surface area (TPSA) is 24.9 Å². The van der Waals surface area contributed by atoms with Crippen LogP contribution in [0.3, 0.4) is 0 Å². The Balaban J connectivity index is 2.09. The molecule has 0 aliphatic rings. The van der Waals surface area contributed by atoms with Gasteiger partial charge in [-0.2, -0.15) is 0 Å². The van der Waals surface area contributed by atoms with Crippen molar-refractivity contribution in [3.05, 3.63) is 57.8 Å². The van der Waals surface area contributed by atoms with E-state index in [0.717, 1.165) is 21.8 Å². The number of nitrogens with zero attached hydrogens (tertiary/aromatic N) is 1. The first-order valence-electron chi connectivity index (χ1n) is 5.25. The molecule has 0 aliphatic carbocycles. The van der Waals surface area contributed by atoms with E-state index in [0.29, 0.717) is 11.7 Å². The number of rotatable bonds is 3. The molecule has 1 aromatic heterocycles. The van der Waals surface area contributed by atoms with Crippen molar-refractivity contribution >= 4 is 28.9 Å². The van der Waals surface area contributed by atoms with Gasteiger partial charge in [0.1, 0.15) is 0 Å². The van der Waals surface area contributed by atoms with Crippen molar-refractivity contribution in [3.8, 4) is 0 Å².